The summed E-state index contributed by atoms with van der Waals surface area (Å²) in [6, 6.07) is 30.9. The fourth-order valence-electron chi connectivity index (χ4n) is 4.66. The van der Waals surface area contributed by atoms with E-state index in [0.29, 0.717) is 19.6 Å². The van der Waals surface area contributed by atoms with Crippen molar-refractivity contribution < 1.29 is 23.6 Å². The normalized spacial score (nSPS) is 13.6. The molecule has 0 saturated heterocycles. The van der Waals surface area contributed by atoms with E-state index in [-0.39, 0.29) is 10.3 Å². The van der Waals surface area contributed by atoms with Crippen LogP contribution in [0.1, 0.15) is 73.0 Å². The molecule has 0 saturated carbocycles. The van der Waals surface area contributed by atoms with Crippen molar-refractivity contribution in [2.24, 2.45) is 0 Å². The van der Waals surface area contributed by atoms with Crippen molar-refractivity contribution in [2.75, 3.05) is 20.3 Å². The average Bonchev–Trinajstić information content (AvgIpc) is 2.95. The zero-order valence-electron chi connectivity index (χ0n) is 26.1. The van der Waals surface area contributed by atoms with Gasteiger partial charge in [-0.1, -0.05) is 77.0 Å². The molecule has 226 valence electrons. The van der Waals surface area contributed by atoms with Crippen LogP contribution in [0.2, 0.25) is 0 Å². The van der Waals surface area contributed by atoms with Crippen molar-refractivity contribution in [1.82, 2.24) is 0 Å². The number of rotatable bonds is 14. The van der Waals surface area contributed by atoms with Crippen molar-refractivity contribution >= 4 is 16.6 Å². The number of ether oxygens (including phenoxy) is 2. The molecular weight excluding hydrogens is 532 g/mol. The predicted octanol–water partition coefficient (Wildman–Crippen LogP) is 8.56. The summed E-state index contributed by atoms with van der Waals surface area (Å²) in [7, 11) is -0.788. The molecule has 0 aromatic heterocycles. The number of aldehydes is 1. The maximum absolute atomic E-state index is 11.7. The molecule has 0 amide bonds. The molecule has 1 unspecified atom stereocenters. The van der Waals surface area contributed by atoms with Crippen LogP contribution in [0.15, 0.2) is 101 Å². The van der Waals surface area contributed by atoms with Crippen LogP contribution in [-0.4, -0.2) is 47.7 Å². The van der Waals surface area contributed by atoms with E-state index in [0.717, 1.165) is 25.4 Å². The molecule has 1 atom stereocenters. The first-order chi connectivity index (χ1) is 19.4. The molecule has 1 N–H and O–H groups in total. The highest BCUT2D eigenvalue weighted by molar-refractivity contribution is 8.31. The van der Waals surface area contributed by atoms with Crippen LogP contribution in [0.25, 0.3) is 0 Å². The van der Waals surface area contributed by atoms with E-state index in [1.54, 1.807) is 0 Å². The molecule has 41 heavy (non-hydrogen) atoms. The summed E-state index contributed by atoms with van der Waals surface area (Å²) in [6.07, 6.45) is 1.69. The Kier molecular flexibility index (Phi) is 13.3. The first-order valence-corrected chi connectivity index (χ1v) is 15.8. The third-order valence-electron chi connectivity index (χ3n) is 6.87. The van der Waals surface area contributed by atoms with Crippen molar-refractivity contribution in [1.29, 1.82) is 0 Å². The van der Waals surface area contributed by atoms with E-state index in [1.807, 2.05) is 44.2 Å². The number of benzene rings is 3. The summed E-state index contributed by atoms with van der Waals surface area (Å²) >= 11 is 0. The second kappa shape index (κ2) is 15.7. The highest BCUT2D eigenvalue weighted by Crippen LogP contribution is 2.71. The minimum atomic E-state index is -1.79. The van der Waals surface area contributed by atoms with Gasteiger partial charge in [-0.3, -0.25) is 0 Å². The van der Waals surface area contributed by atoms with Crippen LogP contribution in [0.5, 0.6) is 0 Å². The largest absolute Gasteiger partial charge is 0.400 e. The Balaban J connectivity index is 0.00000287. The number of hydrogen-bond acceptors (Lipinski definition) is 5. The first kappa shape index (κ1) is 34.7. The molecule has 0 bridgehead atoms. The lowest BCUT2D eigenvalue weighted by Crippen LogP contribution is -2.33. The van der Waals surface area contributed by atoms with Crippen molar-refractivity contribution in [3.63, 3.8) is 0 Å². The van der Waals surface area contributed by atoms with Crippen molar-refractivity contribution in [2.45, 2.75) is 93.2 Å². The zero-order valence-corrected chi connectivity index (χ0v) is 26.9. The molecule has 0 aliphatic heterocycles. The molecular formula is C35H50O5S. The number of carbonyl (C=O) groups is 1. The van der Waals surface area contributed by atoms with Crippen LogP contribution in [0.3, 0.4) is 0 Å². The summed E-state index contributed by atoms with van der Waals surface area (Å²) in [5, 5.41) is 7.00. The third kappa shape index (κ3) is 9.79. The van der Waals surface area contributed by atoms with Crippen LogP contribution in [0, 0.1) is 0 Å². The smallest absolute Gasteiger partial charge is 0.153 e. The molecule has 0 heterocycles. The molecule has 3 aromatic carbocycles. The highest BCUT2D eigenvalue weighted by Gasteiger charge is 2.41. The van der Waals surface area contributed by atoms with Crippen LogP contribution in [-0.2, 0) is 18.5 Å². The highest BCUT2D eigenvalue weighted by atomic mass is 32.3. The van der Waals surface area contributed by atoms with Gasteiger partial charge in [0.2, 0.25) is 0 Å². The molecule has 5 nitrogen and oxygen atoms in total. The minimum Gasteiger partial charge on any atom is -0.400 e. The van der Waals surface area contributed by atoms with Gasteiger partial charge in [0.25, 0.3) is 0 Å². The quantitative estimate of drug-likeness (QED) is 0.193. The molecule has 0 radical (unpaired) electrons. The van der Waals surface area contributed by atoms with E-state index in [1.165, 1.54) is 9.79 Å². The zero-order chi connectivity index (χ0) is 30.6. The van der Waals surface area contributed by atoms with Crippen LogP contribution < -0.4 is 0 Å². The SMILES string of the molecule is CC(C)(CCOS(c1ccccc1)(c1ccccc1)C(C)(C)C)OCCC(C)(C)OC(C=O)c1ccccc1.CO. The molecule has 0 aliphatic carbocycles. The summed E-state index contributed by atoms with van der Waals surface area (Å²) < 4.78 is 19.4. The van der Waals surface area contributed by atoms with Crippen LogP contribution in [0.4, 0.5) is 0 Å². The fraction of sp³-hybridized carbons (Fsp3) is 0.457. The third-order valence-corrected chi connectivity index (χ3v) is 11.0. The summed E-state index contributed by atoms with van der Waals surface area (Å²) in [5.74, 6) is 0. The van der Waals surface area contributed by atoms with Gasteiger partial charge >= 0.3 is 0 Å². The monoisotopic (exact) mass is 582 g/mol. The maximum atomic E-state index is 11.7. The van der Waals surface area contributed by atoms with Gasteiger partial charge in [0, 0.05) is 28.1 Å². The second-order valence-electron chi connectivity index (χ2n) is 12.1. The Hall–Kier alpha value is -2.48. The molecule has 0 fully saturated rings. The lowest BCUT2D eigenvalue weighted by molar-refractivity contribution is -0.135. The van der Waals surface area contributed by atoms with Crippen LogP contribution >= 0.6 is 10.3 Å². The predicted molar refractivity (Wildman–Crippen MR) is 171 cm³/mol. The summed E-state index contributed by atoms with van der Waals surface area (Å²) in [6.45, 7) is 16.2. The van der Waals surface area contributed by atoms with Gasteiger partial charge < -0.3 is 23.6 Å². The first-order valence-electron chi connectivity index (χ1n) is 14.2. The van der Waals surface area contributed by atoms with Gasteiger partial charge in [0.15, 0.2) is 6.29 Å². The summed E-state index contributed by atoms with van der Waals surface area (Å²) in [4.78, 5) is 14.2. The van der Waals surface area contributed by atoms with E-state index in [9.17, 15) is 4.79 Å². The van der Waals surface area contributed by atoms with Gasteiger partial charge in [-0.05, 0) is 84.7 Å². The Morgan fingerprint density at radius 3 is 1.56 bits per heavy atom. The standard InChI is InChI=1S/C34H46O4S.CH4O/c1-32(2,3)39(29-19-13-9-14-20-29,30-21-15-10-16-22-30)37-26-24-33(4,5)36-25-23-34(6,7)38-31(27-35)28-17-11-8-12-18-28;1-2/h8-22,27,31H,23-26H2,1-7H3;2H,1H3. The van der Waals surface area contributed by atoms with Crippen molar-refractivity contribution in [3.05, 3.63) is 96.6 Å². The topological polar surface area (TPSA) is 65.0 Å². The minimum absolute atomic E-state index is 0.115. The lowest BCUT2D eigenvalue weighted by atomic mass is 10.0. The molecule has 0 aliphatic rings. The fourth-order valence-corrected chi connectivity index (χ4v) is 8.38. The molecule has 6 heteroatoms. The van der Waals surface area contributed by atoms with Gasteiger partial charge in [0.1, 0.15) is 6.10 Å². The van der Waals surface area contributed by atoms with E-state index in [4.69, 9.17) is 18.8 Å². The van der Waals surface area contributed by atoms with Gasteiger partial charge in [-0.2, -0.15) is 0 Å². The molecule has 3 rings (SSSR count). The van der Waals surface area contributed by atoms with Gasteiger partial charge in [-0.25, -0.2) is 0 Å². The van der Waals surface area contributed by atoms with E-state index >= 15 is 0 Å². The van der Waals surface area contributed by atoms with Gasteiger partial charge in [-0.15, -0.1) is 0 Å². The lowest BCUT2D eigenvalue weighted by Gasteiger charge is -2.50. The number of carbonyl (C=O) groups excluding carboxylic acids is 1. The Morgan fingerprint density at radius 1 is 0.683 bits per heavy atom. The number of aliphatic hydroxyl groups excluding tert-OH is 1. The summed E-state index contributed by atoms with van der Waals surface area (Å²) in [5.41, 5.74) is -0.0310. The Labute approximate surface area is 249 Å². The number of hydrogen-bond donors (Lipinski definition) is 1. The van der Waals surface area contributed by atoms with Gasteiger partial charge in [0.05, 0.1) is 24.4 Å². The van der Waals surface area contributed by atoms with Crippen molar-refractivity contribution in [3.8, 4) is 0 Å². The Bertz CT molecular complexity index is 1100. The van der Waals surface area contributed by atoms with E-state index < -0.39 is 22.0 Å². The molecule has 3 aromatic rings. The average molecular weight is 583 g/mol. The Morgan fingerprint density at radius 2 is 1.12 bits per heavy atom. The number of aliphatic hydroxyl groups is 1. The molecule has 0 spiro atoms. The maximum Gasteiger partial charge on any atom is 0.153 e. The van der Waals surface area contributed by atoms with E-state index in [2.05, 4.69) is 95.3 Å². The second-order valence-corrected chi connectivity index (χ2v) is 15.6.